The van der Waals surface area contributed by atoms with E-state index in [0.717, 1.165) is 30.9 Å². The van der Waals surface area contributed by atoms with Gasteiger partial charge in [-0.1, -0.05) is 29.8 Å². The molecule has 1 heterocycles. The second-order valence-corrected chi connectivity index (χ2v) is 5.86. The molecule has 0 aromatic heterocycles. The molecule has 1 fully saturated rings. The van der Waals surface area contributed by atoms with Gasteiger partial charge in [0.1, 0.15) is 11.8 Å². The molecule has 3 rings (SSSR count). The number of nitriles is 1. The molecule has 0 aliphatic carbocycles. The average molecular weight is 313 g/mol. The molecule has 1 saturated heterocycles. The monoisotopic (exact) mass is 312 g/mol. The van der Waals surface area contributed by atoms with Gasteiger partial charge in [-0.05, 0) is 36.2 Å². The van der Waals surface area contributed by atoms with E-state index in [1.54, 1.807) is 13.2 Å². The first kappa shape index (κ1) is 14.7. The van der Waals surface area contributed by atoms with Crippen molar-refractivity contribution in [1.82, 2.24) is 0 Å². The molecule has 4 heteroatoms. The second kappa shape index (κ2) is 6.29. The quantitative estimate of drug-likeness (QED) is 0.851. The minimum atomic E-state index is 0.450. The molecular weight excluding hydrogens is 296 g/mol. The molecule has 112 valence electrons. The maximum Gasteiger partial charge on any atom is 0.122 e. The number of anilines is 1. The van der Waals surface area contributed by atoms with Crippen molar-refractivity contribution < 1.29 is 4.74 Å². The summed E-state index contributed by atoms with van der Waals surface area (Å²) in [6.45, 7) is 1.91. The Morgan fingerprint density at radius 1 is 1.27 bits per heavy atom. The van der Waals surface area contributed by atoms with Crippen molar-refractivity contribution in [1.29, 1.82) is 5.26 Å². The van der Waals surface area contributed by atoms with Crippen LogP contribution in [0.3, 0.4) is 0 Å². The summed E-state index contributed by atoms with van der Waals surface area (Å²) >= 11 is 6.14. The molecule has 0 spiro atoms. The molecule has 0 bridgehead atoms. The number of ether oxygens (including phenoxy) is 1. The van der Waals surface area contributed by atoms with Crippen molar-refractivity contribution in [3.05, 3.63) is 58.6 Å². The number of para-hydroxylation sites is 1. The number of benzene rings is 2. The second-order valence-electron chi connectivity index (χ2n) is 5.45. The molecule has 0 N–H and O–H groups in total. The molecule has 3 nitrogen and oxygen atoms in total. The number of methoxy groups -OCH3 is 1. The van der Waals surface area contributed by atoms with Crippen LogP contribution in [0.2, 0.25) is 5.02 Å². The Kier molecular flexibility index (Phi) is 4.22. The summed E-state index contributed by atoms with van der Waals surface area (Å²) in [6.07, 6.45) is 1.08. The van der Waals surface area contributed by atoms with E-state index >= 15 is 0 Å². The zero-order valence-corrected chi connectivity index (χ0v) is 13.2. The summed E-state index contributed by atoms with van der Waals surface area (Å²) in [5, 5.41) is 9.48. The molecule has 1 aliphatic heterocycles. The van der Waals surface area contributed by atoms with Gasteiger partial charge in [0.15, 0.2) is 0 Å². The number of rotatable bonds is 3. The molecule has 0 amide bonds. The topological polar surface area (TPSA) is 36.3 Å². The van der Waals surface area contributed by atoms with Crippen LogP contribution in [0, 0.1) is 11.3 Å². The van der Waals surface area contributed by atoms with Crippen LogP contribution in [0.25, 0.3) is 0 Å². The van der Waals surface area contributed by atoms with Crippen LogP contribution in [-0.2, 0) is 0 Å². The Morgan fingerprint density at radius 2 is 2.09 bits per heavy atom. The fourth-order valence-electron chi connectivity index (χ4n) is 3.04. The van der Waals surface area contributed by atoms with Crippen LogP contribution < -0.4 is 9.64 Å². The van der Waals surface area contributed by atoms with Gasteiger partial charge in [0, 0.05) is 24.7 Å². The molecule has 1 unspecified atom stereocenters. The van der Waals surface area contributed by atoms with Crippen molar-refractivity contribution in [3.8, 4) is 11.8 Å². The summed E-state index contributed by atoms with van der Waals surface area (Å²) in [4.78, 5) is 2.31. The largest absolute Gasteiger partial charge is 0.496 e. The van der Waals surface area contributed by atoms with E-state index in [9.17, 15) is 0 Å². The summed E-state index contributed by atoms with van der Waals surface area (Å²) in [5.74, 6) is 1.40. The smallest absolute Gasteiger partial charge is 0.122 e. The molecular formula is C18H17ClN2O. The molecule has 22 heavy (non-hydrogen) atoms. The Balaban J connectivity index is 1.80. The van der Waals surface area contributed by atoms with Crippen molar-refractivity contribution in [3.63, 3.8) is 0 Å². The third kappa shape index (κ3) is 2.75. The van der Waals surface area contributed by atoms with Gasteiger partial charge in [-0.3, -0.25) is 0 Å². The van der Waals surface area contributed by atoms with Crippen molar-refractivity contribution in [2.45, 2.75) is 12.3 Å². The van der Waals surface area contributed by atoms with E-state index in [1.807, 2.05) is 24.3 Å². The Morgan fingerprint density at radius 3 is 2.82 bits per heavy atom. The SMILES string of the molecule is COc1ccccc1C1CCN(c2ccc(C#N)c(Cl)c2)C1. The molecule has 0 saturated carbocycles. The van der Waals surface area contributed by atoms with E-state index in [-0.39, 0.29) is 0 Å². The first-order valence-electron chi connectivity index (χ1n) is 7.30. The summed E-state index contributed by atoms with van der Waals surface area (Å²) in [7, 11) is 1.71. The highest BCUT2D eigenvalue weighted by molar-refractivity contribution is 6.32. The van der Waals surface area contributed by atoms with E-state index in [1.165, 1.54) is 5.56 Å². The van der Waals surface area contributed by atoms with Gasteiger partial charge in [-0.2, -0.15) is 5.26 Å². The summed E-state index contributed by atoms with van der Waals surface area (Å²) < 4.78 is 5.47. The average Bonchev–Trinajstić information content (AvgIpc) is 3.04. The van der Waals surface area contributed by atoms with Crippen LogP contribution >= 0.6 is 11.6 Å². The fourth-order valence-corrected chi connectivity index (χ4v) is 3.26. The van der Waals surface area contributed by atoms with Gasteiger partial charge in [-0.25, -0.2) is 0 Å². The molecule has 1 aliphatic rings. The van der Waals surface area contributed by atoms with Gasteiger partial charge < -0.3 is 9.64 Å². The zero-order valence-electron chi connectivity index (χ0n) is 12.4. The number of hydrogen-bond acceptors (Lipinski definition) is 3. The lowest BCUT2D eigenvalue weighted by Crippen LogP contribution is -2.19. The van der Waals surface area contributed by atoms with E-state index in [4.69, 9.17) is 21.6 Å². The van der Waals surface area contributed by atoms with Crippen LogP contribution in [-0.4, -0.2) is 20.2 Å². The van der Waals surface area contributed by atoms with Gasteiger partial charge in [-0.15, -0.1) is 0 Å². The Bertz CT molecular complexity index is 723. The maximum absolute atomic E-state index is 8.96. The lowest BCUT2D eigenvalue weighted by atomic mass is 9.97. The minimum Gasteiger partial charge on any atom is -0.496 e. The first-order chi connectivity index (χ1) is 10.7. The van der Waals surface area contributed by atoms with Crippen LogP contribution in [0.1, 0.15) is 23.5 Å². The van der Waals surface area contributed by atoms with E-state index in [2.05, 4.69) is 23.1 Å². The predicted molar refractivity (Wildman–Crippen MR) is 88.7 cm³/mol. The number of hydrogen-bond donors (Lipinski definition) is 0. The highest BCUT2D eigenvalue weighted by Crippen LogP contribution is 2.36. The zero-order chi connectivity index (χ0) is 15.5. The van der Waals surface area contributed by atoms with Gasteiger partial charge in [0.25, 0.3) is 0 Å². The summed E-state index contributed by atoms with van der Waals surface area (Å²) in [5.41, 5.74) is 2.85. The van der Waals surface area contributed by atoms with Gasteiger partial charge in [0.2, 0.25) is 0 Å². The maximum atomic E-state index is 8.96. The van der Waals surface area contributed by atoms with Crippen LogP contribution in [0.5, 0.6) is 5.75 Å². The van der Waals surface area contributed by atoms with Crippen molar-refractivity contribution >= 4 is 17.3 Å². The normalized spacial score (nSPS) is 17.3. The molecule has 1 atom stereocenters. The number of halogens is 1. The van der Waals surface area contributed by atoms with Gasteiger partial charge >= 0.3 is 0 Å². The lowest BCUT2D eigenvalue weighted by Gasteiger charge is -2.20. The number of nitrogens with zero attached hydrogens (tertiary/aromatic N) is 2. The van der Waals surface area contributed by atoms with Crippen molar-refractivity contribution in [2.24, 2.45) is 0 Å². The van der Waals surface area contributed by atoms with Gasteiger partial charge in [0.05, 0.1) is 17.7 Å². The predicted octanol–water partition coefficient (Wildman–Crippen LogP) is 4.21. The van der Waals surface area contributed by atoms with Crippen molar-refractivity contribution in [2.75, 3.05) is 25.1 Å². The summed E-state index contributed by atoms with van der Waals surface area (Å²) in [6, 6.07) is 15.9. The van der Waals surface area contributed by atoms with E-state index in [0.29, 0.717) is 16.5 Å². The Hall–Kier alpha value is -2.18. The lowest BCUT2D eigenvalue weighted by molar-refractivity contribution is 0.406. The molecule has 0 radical (unpaired) electrons. The van der Waals surface area contributed by atoms with E-state index < -0.39 is 0 Å². The third-order valence-corrected chi connectivity index (χ3v) is 4.52. The van der Waals surface area contributed by atoms with Crippen LogP contribution in [0.15, 0.2) is 42.5 Å². The molecule has 2 aromatic rings. The Labute approximate surface area is 135 Å². The highest BCUT2D eigenvalue weighted by atomic mass is 35.5. The minimum absolute atomic E-state index is 0.450. The van der Waals surface area contributed by atoms with Crippen LogP contribution in [0.4, 0.5) is 5.69 Å². The third-order valence-electron chi connectivity index (χ3n) is 4.21. The highest BCUT2D eigenvalue weighted by Gasteiger charge is 2.26. The first-order valence-corrected chi connectivity index (χ1v) is 7.68. The standard InChI is InChI=1S/C18H17ClN2O/c1-22-18-5-3-2-4-16(18)14-8-9-21(12-14)15-7-6-13(11-20)17(19)10-15/h2-7,10,14H,8-9,12H2,1H3. The molecule has 2 aromatic carbocycles. The fraction of sp³-hybridized carbons (Fsp3) is 0.278.